The van der Waals surface area contributed by atoms with E-state index in [0.717, 1.165) is 5.56 Å². The second-order valence-corrected chi connectivity index (χ2v) is 10.9. The molecule has 0 radical (unpaired) electrons. The molecule has 3 atom stereocenters. The zero-order chi connectivity index (χ0) is 18.7. The van der Waals surface area contributed by atoms with Crippen molar-refractivity contribution in [1.29, 1.82) is 0 Å². The van der Waals surface area contributed by atoms with Gasteiger partial charge in [0, 0.05) is 26.2 Å². The van der Waals surface area contributed by atoms with Crippen molar-refractivity contribution >= 4 is 27.3 Å². The molecule has 144 valence electrons. The Morgan fingerprint density at radius 1 is 1.42 bits per heavy atom. The van der Waals surface area contributed by atoms with Gasteiger partial charge in [0.25, 0.3) is 5.91 Å². The van der Waals surface area contributed by atoms with Crippen LogP contribution in [0.3, 0.4) is 0 Å². The van der Waals surface area contributed by atoms with Crippen LogP contribution in [0.15, 0.2) is 11.4 Å². The summed E-state index contributed by atoms with van der Waals surface area (Å²) in [7, 11) is 0.471. The first-order chi connectivity index (χ1) is 12.2. The summed E-state index contributed by atoms with van der Waals surface area (Å²) in [4.78, 5) is 17.4. The van der Waals surface area contributed by atoms with Crippen LogP contribution in [0.2, 0.25) is 0 Å². The third kappa shape index (κ3) is 2.90. The molecule has 0 aromatic carbocycles. The lowest BCUT2D eigenvalue weighted by molar-refractivity contribution is -0.0976. The molecule has 1 aromatic heterocycles. The van der Waals surface area contributed by atoms with Gasteiger partial charge < -0.3 is 14.5 Å². The number of morpholine rings is 1. The van der Waals surface area contributed by atoms with E-state index < -0.39 is 20.9 Å². The van der Waals surface area contributed by atoms with Crippen LogP contribution in [-0.2, 0) is 14.8 Å². The van der Waals surface area contributed by atoms with Gasteiger partial charge in [-0.2, -0.15) is 4.31 Å². The van der Waals surface area contributed by atoms with Crippen molar-refractivity contribution in [2.24, 2.45) is 0 Å². The van der Waals surface area contributed by atoms with Crippen molar-refractivity contribution in [3.63, 3.8) is 0 Å². The second-order valence-electron chi connectivity index (χ2n) is 7.88. The van der Waals surface area contributed by atoms with Gasteiger partial charge in [-0.25, -0.2) is 8.42 Å². The summed E-state index contributed by atoms with van der Waals surface area (Å²) >= 11 is 1.44. The van der Waals surface area contributed by atoms with E-state index in [9.17, 15) is 13.2 Å². The molecule has 0 aliphatic carbocycles. The predicted octanol–water partition coefficient (Wildman–Crippen LogP) is 0.616. The number of nitrogens with zero attached hydrogens (tertiary/aromatic N) is 3. The van der Waals surface area contributed by atoms with Crippen LogP contribution >= 0.6 is 11.3 Å². The number of likely N-dealkylation sites (tertiary alicyclic amines) is 1. The number of ether oxygens (including phenoxy) is 1. The van der Waals surface area contributed by atoms with Gasteiger partial charge in [0.05, 0.1) is 17.5 Å². The van der Waals surface area contributed by atoms with Crippen LogP contribution in [-0.4, -0.2) is 92.2 Å². The highest BCUT2D eigenvalue weighted by molar-refractivity contribution is 7.90. The van der Waals surface area contributed by atoms with Crippen molar-refractivity contribution in [1.82, 2.24) is 14.1 Å². The van der Waals surface area contributed by atoms with E-state index in [1.807, 2.05) is 37.4 Å². The van der Waals surface area contributed by atoms with E-state index in [0.29, 0.717) is 44.0 Å². The van der Waals surface area contributed by atoms with E-state index in [4.69, 9.17) is 4.74 Å². The highest BCUT2D eigenvalue weighted by atomic mass is 32.2. The molecule has 4 heterocycles. The third-order valence-electron chi connectivity index (χ3n) is 5.54. The first-order valence-corrected chi connectivity index (χ1v) is 11.3. The number of aryl methyl sites for hydroxylation is 1. The summed E-state index contributed by atoms with van der Waals surface area (Å²) < 4.78 is 33.7. The van der Waals surface area contributed by atoms with Gasteiger partial charge >= 0.3 is 0 Å². The molecule has 3 fully saturated rings. The molecule has 0 N–H and O–H groups in total. The molecule has 1 amide bonds. The number of amides is 1. The molecule has 9 heteroatoms. The molecule has 0 saturated carbocycles. The van der Waals surface area contributed by atoms with Gasteiger partial charge in [0.15, 0.2) is 0 Å². The lowest BCUT2D eigenvalue weighted by Gasteiger charge is -2.39. The fourth-order valence-electron chi connectivity index (χ4n) is 4.32. The fourth-order valence-corrected chi connectivity index (χ4v) is 7.48. The molecule has 1 unspecified atom stereocenters. The predicted molar refractivity (Wildman–Crippen MR) is 100 cm³/mol. The monoisotopic (exact) mass is 399 g/mol. The van der Waals surface area contributed by atoms with Crippen molar-refractivity contribution in [2.75, 3.05) is 46.8 Å². The summed E-state index contributed by atoms with van der Waals surface area (Å²) in [6, 6.07) is 1.90. The molecular formula is C17H25N3O4S2. The topological polar surface area (TPSA) is 70.2 Å². The van der Waals surface area contributed by atoms with Gasteiger partial charge in [-0.3, -0.25) is 4.79 Å². The van der Waals surface area contributed by atoms with E-state index in [2.05, 4.69) is 0 Å². The Kier molecular flexibility index (Phi) is 4.43. The standard InChI is InChI=1S/C17H25N3O4S2/c1-12-6-14(25-9-12)16(21)19-8-13-7-15-17(10-19,24-13)11-20(26(15,22)23)5-4-18(2)3/h6,9,13,15H,4-5,7-8,10-11H2,1-3H3/t13-,15+,17?/m1/s1. The van der Waals surface area contributed by atoms with Crippen LogP contribution in [0.5, 0.6) is 0 Å². The summed E-state index contributed by atoms with van der Waals surface area (Å²) in [5, 5.41) is 1.43. The normalized spacial score (nSPS) is 33.0. The molecule has 26 heavy (non-hydrogen) atoms. The summed E-state index contributed by atoms with van der Waals surface area (Å²) in [6.07, 6.45) is 0.290. The minimum absolute atomic E-state index is 0.0134. The van der Waals surface area contributed by atoms with Crippen molar-refractivity contribution in [2.45, 2.75) is 30.3 Å². The van der Waals surface area contributed by atoms with Gasteiger partial charge in [-0.1, -0.05) is 0 Å². The number of hydrogen-bond donors (Lipinski definition) is 0. The lowest BCUT2D eigenvalue weighted by Crippen LogP contribution is -2.56. The van der Waals surface area contributed by atoms with Crippen molar-refractivity contribution in [3.8, 4) is 0 Å². The van der Waals surface area contributed by atoms with Crippen molar-refractivity contribution in [3.05, 3.63) is 21.9 Å². The molecule has 3 aliphatic heterocycles. The number of fused-ring (bicyclic) bond motifs is 1. The maximum atomic E-state index is 13.0. The molecular weight excluding hydrogens is 374 g/mol. The quantitative estimate of drug-likeness (QED) is 0.742. The van der Waals surface area contributed by atoms with Crippen LogP contribution in [0, 0.1) is 6.92 Å². The Bertz CT molecular complexity index is 822. The molecule has 2 bridgehead atoms. The Morgan fingerprint density at radius 3 is 2.85 bits per heavy atom. The average molecular weight is 400 g/mol. The van der Waals surface area contributed by atoms with Crippen LogP contribution in [0.4, 0.5) is 0 Å². The van der Waals surface area contributed by atoms with Gasteiger partial charge in [-0.15, -0.1) is 11.3 Å². The third-order valence-corrected chi connectivity index (χ3v) is 8.94. The molecule has 4 rings (SSSR count). The number of carbonyl (C=O) groups is 1. The Balaban J connectivity index is 1.57. The smallest absolute Gasteiger partial charge is 0.264 e. The molecule has 7 nitrogen and oxygen atoms in total. The molecule has 1 spiro atoms. The summed E-state index contributed by atoms with van der Waals surface area (Å²) in [6.45, 7) is 4.26. The lowest BCUT2D eigenvalue weighted by atomic mass is 9.99. The van der Waals surface area contributed by atoms with E-state index in [1.54, 1.807) is 9.21 Å². The zero-order valence-corrected chi connectivity index (χ0v) is 17.0. The number of rotatable bonds is 4. The van der Waals surface area contributed by atoms with Crippen LogP contribution in [0.1, 0.15) is 21.7 Å². The molecule has 3 saturated heterocycles. The number of thiophene rings is 1. The summed E-state index contributed by atoms with van der Waals surface area (Å²) in [5.41, 5.74) is 0.291. The average Bonchev–Trinajstić information content (AvgIpc) is 3.16. The van der Waals surface area contributed by atoms with Crippen molar-refractivity contribution < 1.29 is 17.9 Å². The van der Waals surface area contributed by atoms with Gasteiger partial charge in [0.2, 0.25) is 10.0 Å². The Labute approximate surface area is 158 Å². The maximum absolute atomic E-state index is 13.0. The number of sulfonamides is 1. The number of likely N-dealkylation sites (N-methyl/N-ethyl adjacent to an activating group) is 1. The second kappa shape index (κ2) is 6.27. The minimum Gasteiger partial charge on any atom is -0.365 e. The highest BCUT2D eigenvalue weighted by Crippen LogP contribution is 2.46. The van der Waals surface area contributed by atoms with E-state index in [-0.39, 0.29) is 12.0 Å². The Hall–Kier alpha value is -1.00. The number of carbonyl (C=O) groups excluding carboxylic acids is 1. The Morgan fingerprint density at radius 2 is 2.19 bits per heavy atom. The first-order valence-electron chi connectivity index (χ1n) is 8.87. The number of hydrogen-bond acceptors (Lipinski definition) is 6. The molecule has 3 aliphatic rings. The van der Waals surface area contributed by atoms with Gasteiger partial charge in [0.1, 0.15) is 10.9 Å². The largest absolute Gasteiger partial charge is 0.365 e. The minimum atomic E-state index is -3.39. The first kappa shape index (κ1) is 18.4. The SMILES string of the molecule is Cc1csc(C(=O)N2C[C@H]3C[C@H]4C(C2)(CN(CCN(C)C)S4(=O)=O)O3)c1. The van der Waals surface area contributed by atoms with Crippen LogP contribution in [0.25, 0.3) is 0 Å². The van der Waals surface area contributed by atoms with E-state index in [1.165, 1.54) is 11.3 Å². The fraction of sp³-hybridized carbons (Fsp3) is 0.706. The molecule has 1 aromatic rings. The summed E-state index contributed by atoms with van der Waals surface area (Å²) in [5.74, 6) is -0.0134. The van der Waals surface area contributed by atoms with Gasteiger partial charge in [-0.05, 0) is 44.4 Å². The van der Waals surface area contributed by atoms with Crippen LogP contribution < -0.4 is 0 Å². The zero-order valence-electron chi connectivity index (χ0n) is 15.3. The van der Waals surface area contributed by atoms with E-state index >= 15 is 0 Å². The maximum Gasteiger partial charge on any atom is 0.264 e. The highest BCUT2D eigenvalue weighted by Gasteiger charge is 2.65.